The lowest BCUT2D eigenvalue weighted by atomic mass is 10.1. The molecule has 0 radical (unpaired) electrons. The van der Waals surface area contributed by atoms with Crippen LogP contribution in [0.1, 0.15) is 25.5 Å². The number of hydrogen-bond acceptors (Lipinski definition) is 2. The predicted molar refractivity (Wildman–Crippen MR) is 54.8 cm³/mol. The topological polar surface area (TPSA) is 39.8 Å². The molecule has 0 atom stereocenters. The van der Waals surface area contributed by atoms with Crippen molar-refractivity contribution in [1.29, 1.82) is 0 Å². The summed E-state index contributed by atoms with van der Waals surface area (Å²) in [4.78, 5) is 4.16. The van der Waals surface area contributed by atoms with E-state index >= 15 is 0 Å². The van der Waals surface area contributed by atoms with E-state index in [-0.39, 0.29) is 0 Å². The molecule has 0 unspecified atom stereocenters. The first-order valence-electron chi connectivity index (χ1n) is 4.67. The van der Waals surface area contributed by atoms with Gasteiger partial charge in [-0.15, -0.1) is 0 Å². The highest BCUT2D eigenvalue weighted by Gasteiger charge is 2.13. The van der Waals surface area contributed by atoms with Gasteiger partial charge in [0.05, 0.1) is 5.39 Å². The maximum Gasteiger partial charge on any atom is 0.289 e. The van der Waals surface area contributed by atoms with Crippen molar-refractivity contribution in [3.63, 3.8) is 0 Å². The van der Waals surface area contributed by atoms with Gasteiger partial charge in [-0.2, -0.15) is 0 Å². The Morgan fingerprint density at radius 2 is 2.00 bits per heavy atom. The maximum absolute atomic E-state index is 11.4. The molecule has 0 aliphatic rings. The Bertz CT molecular complexity index is 466. The van der Waals surface area contributed by atoms with E-state index in [0.29, 0.717) is 11.4 Å². The van der Waals surface area contributed by atoms with Gasteiger partial charge < -0.3 is 5.21 Å². The van der Waals surface area contributed by atoms with Crippen molar-refractivity contribution in [1.82, 2.24) is 4.98 Å². The van der Waals surface area contributed by atoms with E-state index in [9.17, 15) is 5.21 Å². The number of benzene rings is 1. The van der Waals surface area contributed by atoms with Crippen molar-refractivity contribution in [2.24, 2.45) is 0 Å². The lowest BCUT2D eigenvalue weighted by Crippen LogP contribution is -2.28. The number of para-hydroxylation sites is 1. The fraction of sp³-hybridized carbons (Fsp3) is 0.273. The summed E-state index contributed by atoms with van der Waals surface area (Å²) in [7, 11) is 0. The van der Waals surface area contributed by atoms with E-state index in [0.717, 1.165) is 15.8 Å². The van der Waals surface area contributed by atoms with Crippen molar-refractivity contribution in [3.05, 3.63) is 41.5 Å². The summed E-state index contributed by atoms with van der Waals surface area (Å²) in [5.41, 5.74) is 1.67. The summed E-state index contributed by atoms with van der Waals surface area (Å²) in [6, 6.07) is 7.54. The lowest BCUT2D eigenvalue weighted by Gasteiger charge is -2.07. The van der Waals surface area contributed by atoms with Crippen LogP contribution in [-0.2, 0) is 0 Å². The molecule has 0 saturated heterocycles. The van der Waals surface area contributed by atoms with E-state index in [4.69, 9.17) is 0 Å². The summed E-state index contributed by atoms with van der Waals surface area (Å²) in [5, 5.41) is 12.4. The van der Waals surface area contributed by atoms with E-state index in [1.54, 1.807) is 0 Å². The number of rotatable bonds is 1. The van der Waals surface area contributed by atoms with Crippen LogP contribution in [0.3, 0.4) is 0 Å². The van der Waals surface area contributed by atoms with Gasteiger partial charge in [-0.25, -0.2) is 4.73 Å². The first-order chi connectivity index (χ1) is 6.70. The molecule has 3 nitrogen and oxygen atoms in total. The van der Waals surface area contributed by atoms with Gasteiger partial charge >= 0.3 is 0 Å². The molecule has 72 valence electrons. The Labute approximate surface area is 82.6 Å². The van der Waals surface area contributed by atoms with Crippen LogP contribution >= 0.6 is 0 Å². The molecule has 0 fully saturated rings. The molecule has 0 aliphatic heterocycles. The highest BCUT2D eigenvalue weighted by atomic mass is 16.5. The Balaban J connectivity index is 2.82. The zero-order valence-electron chi connectivity index (χ0n) is 8.27. The minimum absolute atomic E-state index is 0.334. The first-order valence-corrected chi connectivity index (χ1v) is 4.67. The highest BCUT2D eigenvalue weighted by Crippen LogP contribution is 2.19. The third kappa shape index (κ3) is 1.31. The fourth-order valence-electron chi connectivity index (χ4n) is 1.59. The standard InChI is InChI=1S/C11H12N2O/c1-8(2)11-9-5-3-4-6-10(9)13(14)7-12-11/h3-8H,1-2H3. The quantitative estimate of drug-likeness (QED) is 0.507. The molecule has 1 heterocycles. The van der Waals surface area contributed by atoms with Gasteiger partial charge in [0, 0.05) is 5.92 Å². The van der Waals surface area contributed by atoms with Gasteiger partial charge in [0.25, 0.3) is 6.33 Å². The van der Waals surface area contributed by atoms with Crippen LogP contribution in [0.25, 0.3) is 10.9 Å². The largest absolute Gasteiger partial charge is 0.710 e. The van der Waals surface area contributed by atoms with Crippen LogP contribution in [0.15, 0.2) is 30.6 Å². The lowest BCUT2D eigenvalue weighted by molar-refractivity contribution is -0.580. The molecule has 14 heavy (non-hydrogen) atoms. The minimum Gasteiger partial charge on any atom is -0.710 e. The number of nitrogens with zero attached hydrogens (tertiary/aromatic N) is 2. The summed E-state index contributed by atoms with van der Waals surface area (Å²) >= 11 is 0. The Morgan fingerprint density at radius 3 is 2.71 bits per heavy atom. The highest BCUT2D eigenvalue weighted by molar-refractivity contribution is 5.78. The van der Waals surface area contributed by atoms with Gasteiger partial charge in [0.1, 0.15) is 5.52 Å². The first kappa shape index (κ1) is 8.94. The Kier molecular flexibility index (Phi) is 2.08. The fourth-order valence-corrected chi connectivity index (χ4v) is 1.59. The van der Waals surface area contributed by atoms with E-state index in [1.807, 2.05) is 24.3 Å². The average molecular weight is 188 g/mol. The molecule has 0 amide bonds. The second-order valence-corrected chi connectivity index (χ2v) is 3.63. The van der Waals surface area contributed by atoms with Crippen molar-refractivity contribution in [2.75, 3.05) is 0 Å². The predicted octanol–water partition coefficient (Wildman–Crippen LogP) is 1.99. The zero-order chi connectivity index (χ0) is 10.1. The van der Waals surface area contributed by atoms with E-state index in [1.165, 1.54) is 6.33 Å². The Hall–Kier alpha value is -1.64. The molecule has 2 rings (SSSR count). The van der Waals surface area contributed by atoms with Crippen LogP contribution in [0, 0.1) is 5.21 Å². The summed E-state index contributed by atoms with van der Waals surface area (Å²) in [6.45, 7) is 4.15. The third-order valence-corrected chi connectivity index (χ3v) is 2.27. The molecule has 0 spiro atoms. The van der Waals surface area contributed by atoms with Gasteiger partial charge in [-0.1, -0.05) is 31.0 Å². The van der Waals surface area contributed by atoms with Gasteiger partial charge in [-0.3, -0.25) is 0 Å². The van der Waals surface area contributed by atoms with Crippen LogP contribution in [-0.4, -0.2) is 4.98 Å². The van der Waals surface area contributed by atoms with Crippen molar-refractivity contribution >= 4 is 10.9 Å². The summed E-state index contributed by atoms with van der Waals surface area (Å²) in [6.07, 6.45) is 1.33. The SMILES string of the molecule is CC(C)c1nc[n+]([O-])c2ccccc12. The summed E-state index contributed by atoms with van der Waals surface area (Å²) in [5.74, 6) is 0.334. The minimum atomic E-state index is 0.334. The average Bonchev–Trinajstić information content (AvgIpc) is 2.18. The normalized spacial score (nSPS) is 11.1. The number of aromatic nitrogens is 2. The van der Waals surface area contributed by atoms with Crippen molar-refractivity contribution in [3.8, 4) is 0 Å². The summed E-state index contributed by atoms with van der Waals surface area (Å²) < 4.78 is 0.807. The number of fused-ring (bicyclic) bond motifs is 1. The second kappa shape index (κ2) is 3.25. The second-order valence-electron chi connectivity index (χ2n) is 3.63. The van der Waals surface area contributed by atoms with Crippen LogP contribution < -0.4 is 4.73 Å². The molecule has 0 bridgehead atoms. The molecular formula is C11H12N2O. The zero-order valence-corrected chi connectivity index (χ0v) is 8.27. The van der Waals surface area contributed by atoms with Crippen LogP contribution in [0.4, 0.5) is 0 Å². The molecule has 1 aromatic carbocycles. The van der Waals surface area contributed by atoms with Crippen LogP contribution in [0.5, 0.6) is 0 Å². The van der Waals surface area contributed by atoms with E-state index in [2.05, 4.69) is 18.8 Å². The monoisotopic (exact) mass is 188 g/mol. The van der Waals surface area contributed by atoms with Crippen LogP contribution in [0.2, 0.25) is 0 Å². The Morgan fingerprint density at radius 1 is 1.29 bits per heavy atom. The number of hydrogen-bond donors (Lipinski definition) is 0. The van der Waals surface area contributed by atoms with Gasteiger partial charge in [-0.05, 0) is 12.1 Å². The molecule has 3 heteroatoms. The third-order valence-electron chi connectivity index (χ3n) is 2.27. The molecule has 0 aliphatic carbocycles. The van der Waals surface area contributed by atoms with Gasteiger partial charge in [0.2, 0.25) is 0 Å². The molecule has 2 aromatic rings. The van der Waals surface area contributed by atoms with Gasteiger partial charge in [0.15, 0.2) is 5.69 Å². The molecule has 0 saturated carbocycles. The van der Waals surface area contributed by atoms with Crippen molar-refractivity contribution < 1.29 is 4.73 Å². The van der Waals surface area contributed by atoms with E-state index < -0.39 is 0 Å². The molecule has 1 aromatic heterocycles. The van der Waals surface area contributed by atoms with Crippen molar-refractivity contribution in [2.45, 2.75) is 19.8 Å². The molecule has 0 N–H and O–H groups in total. The molecular weight excluding hydrogens is 176 g/mol. The maximum atomic E-state index is 11.4. The smallest absolute Gasteiger partial charge is 0.289 e.